The minimum atomic E-state index is -2.40. The zero-order chi connectivity index (χ0) is 21.4. The van der Waals surface area contributed by atoms with Crippen LogP contribution in [0.4, 0.5) is 0 Å². The number of ketones is 2. The van der Waals surface area contributed by atoms with E-state index in [1.807, 2.05) is 30.3 Å². The van der Waals surface area contributed by atoms with E-state index in [1.54, 1.807) is 20.0 Å². The normalized spacial score (nSPS) is 20.8. The Bertz CT molecular complexity index is 1030. The third-order valence-corrected chi connectivity index (χ3v) is 5.33. The number of nitrogens with two attached hydrogens (primary N) is 1. The average Bonchev–Trinajstić information content (AvgIpc) is 3.12. The van der Waals surface area contributed by atoms with Crippen LogP contribution in [0.25, 0.3) is 10.8 Å². The standard InChI is InChI=1S/C21H23N3O5/c1-12(2)21(18(26)20(22,19(27)28)10-13(3)25)11-16(24-29-21)17-15-7-5-4-6-14(15)8-9-23-17/h4-9,12H,10-11,22H2,1-3H3,(H,27,28)/t20?,21-/m1/s1. The van der Waals surface area contributed by atoms with Crippen molar-refractivity contribution in [1.82, 2.24) is 4.98 Å². The number of Topliss-reactive ketones (excluding diaryl/α,β-unsaturated/α-hetero) is 2. The monoisotopic (exact) mass is 397 g/mol. The molecule has 8 nitrogen and oxygen atoms in total. The Morgan fingerprint density at radius 2 is 1.97 bits per heavy atom. The number of pyridine rings is 1. The van der Waals surface area contributed by atoms with E-state index in [1.165, 1.54) is 6.92 Å². The summed E-state index contributed by atoms with van der Waals surface area (Å²) in [7, 11) is 0. The maximum atomic E-state index is 13.4. The van der Waals surface area contributed by atoms with Crippen molar-refractivity contribution in [3.8, 4) is 0 Å². The van der Waals surface area contributed by atoms with Gasteiger partial charge in [0.1, 0.15) is 11.5 Å². The number of hydrogen-bond donors (Lipinski definition) is 2. The van der Waals surface area contributed by atoms with Gasteiger partial charge >= 0.3 is 5.97 Å². The van der Waals surface area contributed by atoms with Gasteiger partial charge in [0.15, 0.2) is 5.54 Å². The minimum absolute atomic E-state index is 0.00857. The second-order valence-electron chi connectivity index (χ2n) is 7.72. The molecule has 3 rings (SSSR count). The second kappa shape index (κ2) is 7.36. The van der Waals surface area contributed by atoms with E-state index in [9.17, 15) is 19.5 Å². The fourth-order valence-corrected chi connectivity index (χ4v) is 3.64. The molecule has 0 aliphatic carbocycles. The first kappa shape index (κ1) is 20.6. The number of rotatable bonds is 7. The quantitative estimate of drug-likeness (QED) is 0.684. The summed E-state index contributed by atoms with van der Waals surface area (Å²) in [5.74, 6) is -3.39. The van der Waals surface area contributed by atoms with Crippen LogP contribution in [0.2, 0.25) is 0 Å². The van der Waals surface area contributed by atoms with E-state index in [0.717, 1.165) is 10.8 Å². The van der Waals surface area contributed by atoms with Crippen molar-refractivity contribution in [3.63, 3.8) is 0 Å². The third kappa shape index (κ3) is 3.40. The lowest BCUT2D eigenvalue weighted by molar-refractivity contribution is -0.163. The van der Waals surface area contributed by atoms with Crippen molar-refractivity contribution in [1.29, 1.82) is 0 Å². The number of aliphatic carboxylic acids is 1. The van der Waals surface area contributed by atoms with Crippen LogP contribution in [0.15, 0.2) is 41.7 Å². The van der Waals surface area contributed by atoms with Gasteiger partial charge in [-0.05, 0) is 18.4 Å². The average molecular weight is 397 g/mol. The highest BCUT2D eigenvalue weighted by atomic mass is 16.7. The highest BCUT2D eigenvalue weighted by molar-refractivity contribution is 6.18. The third-order valence-electron chi connectivity index (χ3n) is 5.33. The molecule has 2 atom stereocenters. The summed E-state index contributed by atoms with van der Waals surface area (Å²) in [5, 5.41) is 15.5. The summed E-state index contributed by atoms with van der Waals surface area (Å²) in [6, 6.07) is 9.45. The van der Waals surface area contributed by atoms with Gasteiger partial charge in [-0.1, -0.05) is 43.3 Å². The molecule has 152 valence electrons. The van der Waals surface area contributed by atoms with Crippen molar-refractivity contribution in [2.24, 2.45) is 16.8 Å². The summed E-state index contributed by atoms with van der Waals surface area (Å²) < 4.78 is 0. The maximum absolute atomic E-state index is 13.4. The number of hydrogen-bond acceptors (Lipinski definition) is 7. The van der Waals surface area contributed by atoms with Gasteiger partial charge < -0.3 is 15.7 Å². The number of benzene rings is 1. The molecule has 29 heavy (non-hydrogen) atoms. The number of aromatic nitrogens is 1. The Morgan fingerprint density at radius 1 is 1.28 bits per heavy atom. The van der Waals surface area contributed by atoms with Crippen LogP contribution in [0.1, 0.15) is 39.3 Å². The number of carboxylic acids is 1. The number of nitrogens with zero attached hydrogens (tertiary/aromatic N) is 2. The Labute approximate surface area is 167 Å². The summed E-state index contributed by atoms with van der Waals surface area (Å²) in [4.78, 5) is 46.8. The van der Waals surface area contributed by atoms with Crippen LogP contribution in [0.3, 0.4) is 0 Å². The van der Waals surface area contributed by atoms with Gasteiger partial charge in [0.2, 0.25) is 11.4 Å². The van der Waals surface area contributed by atoms with Gasteiger partial charge in [-0.25, -0.2) is 4.79 Å². The van der Waals surface area contributed by atoms with Gasteiger partial charge in [-0.15, -0.1) is 0 Å². The molecule has 0 saturated carbocycles. The molecule has 0 spiro atoms. The van der Waals surface area contributed by atoms with Crippen LogP contribution < -0.4 is 5.73 Å². The van der Waals surface area contributed by atoms with E-state index in [0.29, 0.717) is 11.4 Å². The molecule has 3 N–H and O–H groups in total. The molecule has 0 amide bonds. The van der Waals surface area contributed by atoms with Crippen LogP contribution in [-0.2, 0) is 19.2 Å². The molecule has 8 heteroatoms. The van der Waals surface area contributed by atoms with Crippen LogP contribution in [-0.4, -0.2) is 44.5 Å². The SMILES string of the molecule is CC(=O)CC(N)(C(=O)O)C(=O)[C@]1(C(C)C)CC(c2nccc3ccccc23)=NO1. The molecule has 0 bridgehead atoms. The molecule has 1 unspecified atom stereocenters. The van der Waals surface area contributed by atoms with Crippen molar-refractivity contribution >= 4 is 34.0 Å². The van der Waals surface area contributed by atoms with E-state index >= 15 is 0 Å². The van der Waals surface area contributed by atoms with Gasteiger partial charge in [0, 0.05) is 30.3 Å². The molecule has 0 fully saturated rings. The number of fused-ring (bicyclic) bond motifs is 1. The molecular formula is C21H23N3O5. The van der Waals surface area contributed by atoms with Crippen molar-refractivity contribution in [2.75, 3.05) is 0 Å². The van der Waals surface area contributed by atoms with E-state index < -0.39 is 41.0 Å². The molecule has 2 heterocycles. The summed E-state index contributed by atoms with van der Waals surface area (Å²) in [6.45, 7) is 4.64. The summed E-state index contributed by atoms with van der Waals surface area (Å²) in [5.41, 5.74) is 2.94. The van der Waals surface area contributed by atoms with Crippen molar-refractivity contribution in [3.05, 3.63) is 42.2 Å². The zero-order valence-electron chi connectivity index (χ0n) is 16.5. The summed E-state index contributed by atoms with van der Waals surface area (Å²) in [6.07, 6.45) is 1.02. The lowest BCUT2D eigenvalue weighted by atomic mass is 9.72. The van der Waals surface area contributed by atoms with Gasteiger partial charge in [-0.2, -0.15) is 0 Å². The topological polar surface area (TPSA) is 132 Å². The molecule has 0 radical (unpaired) electrons. The van der Waals surface area contributed by atoms with Crippen LogP contribution in [0.5, 0.6) is 0 Å². The highest BCUT2D eigenvalue weighted by Crippen LogP contribution is 2.38. The van der Waals surface area contributed by atoms with Crippen LogP contribution >= 0.6 is 0 Å². The highest BCUT2D eigenvalue weighted by Gasteiger charge is 2.59. The van der Waals surface area contributed by atoms with Crippen molar-refractivity contribution in [2.45, 2.75) is 44.8 Å². The fourth-order valence-electron chi connectivity index (χ4n) is 3.64. The molecule has 2 aromatic rings. The number of carbonyl (C=O) groups excluding carboxylic acids is 2. The zero-order valence-corrected chi connectivity index (χ0v) is 16.5. The number of carbonyl (C=O) groups is 3. The maximum Gasteiger partial charge on any atom is 0.332 e. The lowest BCUT2D eigenvalue weighted by Gasteiger charge is -2.35. The molecule has 1 aromatic carbocycles. The summed E-state index contributed by atoms with van der Waals surface area (Å²) >= 11 is 0. The largest absolute Gasteiger partial charge is 0.480 e. The second-order valence-corrected chi connectivity index (χ2v) is 7.72. The Kier molecular flexibility index (Phi) is 5.23. The first-order valence-corrected chi connectivity index (χ1v) is 9.27. The Balaban J connectivity index is 2.03. The van der Waals surface area contributed by atoms with Gasteiger partial charge in [-0.3, -0.25) is 14.6 Å². The van der Waals surface area contributed by atoms with Gasteiger partial charge in [0.25, 0.3) is 0 Å². The molecular weight excluding hydrogens is 374 g/mol. The predicted octanol–water partition coefficient (Wildman–Crippen LogP) is 2.08. The van der Waals surface area contributed by atoms with Crippen molar-refractivity contribution < 1.29 is 24.3 Å². The smallest absolute Gasteiger partial charge is 0.332 e. The minimum Gasteiger partial charge on any atom is -0.480 e. The van der Waals surface area contributed by atoms with Gasteiger partial charge in [0.05, 0.1) is 5.69 Å². The molecule has 1 aromatic heterocycles. The Hall–Kier alpha value is -3.13. The van der Waals surface area contributed by atoms with E-state index in [-0.39, 0.29) is 6.42 Å². The Morgan fingerprint density at radius 3 is 2.59 bits per heavy atom. The first-order valence-electron chi connectivity index (χ1n) is 9.27. The fraction of sp³-hybridized carbons (Fsp3) is 0.381. The lowest BCUT2D eigenvalue weighted by Crippen LogP contribution is -2.65. The number of oxime groups is 1. The molecule has 1 aliphatic heterocycles. The molecule has 1 aliphatic rings. The molecule has 0 saturated heterocycles. The predicted molar refractivity (Wildman–Crippen MR) is 106 cm³/mol. The number of carboxylic acid groups (broad SMARTS) is 1. The first-order chi connectivity index (χ1) is 13.6. The van der Waals surface area contributed by atoms with Crippen LogP contribution in [0, 0.1) is 5.92 Å². The van der Waals surface area contributed by atoms with E-state index in [2.05, 4.69) is 10.1 Å². The van der Waals surface area contributed by atoms with E-state index in [4.69, 9.17) is 10.6 Å².